The molecular weight excluding hydrogens is 331 g/mol. The molecule has 0 fully saturated rings. The molecule has 3 atom stereocenters. The molecule has 0 bridgehead atoms. The smallest absolute Gasteiger partial charge is 0.136 e. The van der Waals surface area contributed by atoms with E-state index in [-0.39, 0.29) is 18.4 Å². The normalized spacial score (nSPS) is 22.3. The number of rotatable bonds is 5. The Balaban J connectivity index is 2.30. The molecule has 132 valence electrons. The van der Waals surface area contributed by atoms with Crippen molar-refractivity contribution in [3.8, 4) is 5.75 Å². The molecule has 1 aliphatic rings. The number of fused-ring (bicyclic) bond motifs is 1. The molecule has 0 aromatic heterocycles. The number of benzene rings is 1. The Kier molecular flexibility index (Phi) is 5.34. The first kappa shape index (κ1) is 18.9. The Morgan fingerprint density at radius 2 is 2.21 bits per heavy atom. The van der Waals surface area contributed by atoms with Crippen LogP contribution in [0.2, 0.25) is 0 Å². The minimum Gasteiger partial charge on any atom is -0.598 e. The Morgan fingerprint density at radius 3 is 2.79 bits per heavy atom. The highest BCUT2D eigenvalue weighted by atomic mass is 32.2. The van der Waals surface area contributed by atoms with Crippen LogP contribution in [0.1, 0.15) is 51.8 Å². The summed E-state index contributed by atoms with van der Waals surface area (Å²) in [5.74, 6) is 0.216. The van der Waals surface area contributed by atoms with Gasteiger partial charge in [-0.15, -0.1) is 4.72 Å². The van der Waals surface area contributed by atoms with Crippen LogP contribution in [0.15, 0.2) is 17.2 Å². The van der Waals surface area contributed by atoms with Crippen molar-refractivity contribution in [3.05, 3.63) is 39.5 Å². The third-order valence-corrected chi connectivity index (χ3v) is 5.53. The first-order valence-electron chi connectivity index (χ1n) is 7.76. The van der Waals surface area contributed by atoms with Gasteiger partial charge in [-0.2, -0.15) is 0 Å². The second-order valence-corrected chi connectivity index (χ2v) is 9.32. The van der Waals surface area contributed by atoms with Gasteiger partial charge >= 0.3 is 0 Å². The Hall–Kier alpha value is -1.47. The molecule has 2 rings (SSSR count). The average molecular weight is 354 g/mol. The Labute approximate surface area is 144 Å². The lowest BCUT2D eigenvalue weighted by atomic mass is 9.97. The summed E-state index contributed by atoms with van der Waals surface area (Å²) in [7, 11) is 0. The van der Waals surface area contributed by atoms with Gasteiger partial charge < -0.3 is 9.29 Å². The van der Waals surface area contributed by atoms with Crippen LogP contribution in [0.4, 0.5) is 4.39 Å². The van der Waals surface area contributed by atoms with Crippen LogP contribution in [0.5, 0.6) is 5.75 Å². The summed E-state index contributed by atoms with van der Waals surface area (Å²) in [6.45, 7) is 9.42. The summed E-state index contributed by atoms with van der Waals surface area (Å²) in [5.41, 5.74) is 9.17. The molecule has 0 saturated heterocycles. The number of ether oxygens (including phenoxy) is 1. The van der Waals surface area contributed by atoms with E-state index in [1.54, 1.807) is 0 Å². The van der Waals surface area contributed by atoms with Crippen LogP contribution in [0.3, 0.4) is 0 Å². The predicted octanol–water partition coefficient (Wildman–Crippen LogP) is 3.94. The van der Waals surface area contributed by atoms with Gasteiger partial charge in [0, 0.05) is 33.8 Å². The highest BCUT2D eigenvalue weighted by molar-refractivity contribution is 7.90. The van der Waals surface area contributed by atoms with Gasteiger partial charge in [-0.3, -0.25) is 0 Å². The van der Waals surface area contributed by atoms with E-state index in [4.69, 9.17) is 10.3 Å². The molecule has 0 amide bonds. The maximum absolute atomic E-state index is 14.0. The van der Waals surface area contributed by atoms with Crippen molar-refractivity contribution in [3.63, 3.8) is 0 Å². The van der Waals surface area contributed by atoms with Crippen molar-refractivity contribution < 1.29 is 13.7 Å². The summed E-state index contributed by atoms with van der Waals surface area (Å²) in [6, 6.07) is 2.49. The number of hydrogen-bond donors (Lipinski definition) is 1. The van der Waals surface area contributed by atoms with Crippen LogP contribution in [-0.2, 0) is 17.8 Å². The third-order valence-electron chi connectivity index (χ3n) is 3.85. The second kappa shape index (κ2) is 6.80. The Morgan fingerprint density at radius 1 is 1.54 bits per heavy atom. The van der Waals surface area contributed by atoms with Crippen molar-refractivity contribution in [1.29, 1.82) is 0 Å². The maximum Gasteiger partial charge on any atom is 0.136 e. The largest absolute Gasteiger partial charge is 0.598 e. The number of nitrogens with one attached hydrogen (secondary N) is 1. The van der Waals surface area contributed by atoms with Crippen molar-refractivity contribution >= 4 is 11.4 Å². The van der Waals surface area contributed by atoms with Gasteiger partial charge in [0.1, 0.15) is 21.9 Å². The SMILES string of the molecule is CC(N[S@+]([O-])C(C)(C)C)c1cc(F)cc2c1O[C@](C)(CN=[N+]=[N-])C2. The topological polar surface area (TPSA) is 93.1 Å². The van der Waals surface area contributed by atoms with E-state index < -0.39 is 21.7 Å². The van der Waals surface area contributed by atoms with E-state index in [2.05, 4.69) is 14.7 Å². The predicted molar refractivity (Wildman–Crippen MR) is 92.6 cm³/mol. The molecule has 0 aliphatic carbocycles. The van der Waals surface area contributed by atoms with Crippen LogP contribution < -0.4 is 9.46 Å². The highest BCUT2D eigenvalue weighted by Crippen LogP contribution is 2.41. The molecule has 0 radical (unpaired) electrons. The molecule has 1 aliphatic heterocycles. The van der Waals surface area contributed by atoms with E-state index in [0.717, 1.165) is 5.56 Å². The summed E-state index contributed by atoms with van der Waals surface area (Å²) in [4.78, 5) is 2.77. The van der Waals surface area contributed by atoms with Gasteiger partial charge in [0.05, 0.1) is 12.6 Å². The van der Waals surface area contributed by atoms with Gasteiger partial charge in [0.15, 0.2) is 0 Å². The zero-order valence-electron chi connectivity index (χ0n) is 14.6. The number of hydrogen-bond acceptors (Lipinski definition) is 4. The van der Waals surface area contributed by atoms with E-state index in [9.17, 15) is 8.94 Å². The zero-order valence-corrected chi connectivity index (χ0v) is 15.4. The molecule has 24 heavy (non-hydrogen) atoms. The summed E-state index contributed by atoms with van der Waals surface area (Å²) >= 11 is -1.29. The van der Waals surface area contributed by atoms with Gasteiger partial charge in [0.25, 0.3) is 0 Å². The van der Waals surface area contributed by atoms with Gasteiger partial charge in [-0.1, -0.05) is 5.11 Å². The molecule has 8 heteroatoms. The quantitative estimate of drug-likeness (QED) is 0.375. The number of azide groups is 1. The molecule has 0 saturated carbocycles. The molecular formula is C16H23FN4O2S. The lowest BCUT2D eigenvalue weighted by Crippen LogP contribution is -2.40. The molecule has 1 heterocycles. The molecule has 1 N–H and O–H groups in total. The van der Waals surface area contributed by atoms with Crippen LogP contribution >= 0.6 is 0 Å². The molecule has 6 nitrogen and oxygen atoms in total. The second-order valence-electron chi connectivity index (χ2n) is 7.32. The monoisotopic (exact) mass is 354 g/mol. The first-order valence-corrected chi connectivity index (χ1v) is 8.91. The van der Waals surface area contributed by atoms with Crippen LogP contribution in [-0.4, -0.2) is 21.4 Å². The molecule has 1 aromatic carbocycles. The fourth-order valence-corrected chi connectivity index (χ4v) is 3.41. The van der Waals surface area contributed by atoms with Crippen LogP contribution in [0, 0.1) is 5.82 Å². The average Bonchev–Trinajstić information content (AvgIpc) is 2.79. The van der Waals surface area contributed by atoms with Crippen molar-refractivity contribution in [2.24, 2.45) is 5.11 Å². The van der Waals surface area contributed by atoms with Crippen molar-refractivity contribution in [1.82, 2.24) is 4.72 Å². The van der Waals surface area contributed by atoms with E-state index in [0.29, 0.717) is 17.7 Å². The summed E-state index contributed by atoms with van der Waals surface area (Å²) < 4.78 is 34.9. The molecule has 0 spiro atoms. The third kappa shape index (κ3) is 4.13. The first-order chi connectivity index (χ1) is 11.1. The van der Waals surface area contributed by atoms with E-state index in [1.165, 1.54) is 12.1 Å². The maximum atomic E-state index is 14.0. The lowest BCUT2D eigenvalue weighted by Gasteiger charge is -2.27. The zero-order chi connectivity index (χ0) is 18.1. The minimum atomic E-state index is -1.29. The molecule has 1 unspecified atom stereocenters. The fraction of sp³-hybridized carbons (Fsp3) is 0.625. The Bertz CT molecular complexity index is 673. The van der Waals surface area contributed by atoms with Crippen molar-refractivity contribution in [2.75, 3.05) is 6.54 Å². The lowest BCUT2D eigenvalue weighted by molar-refractivity contribution is 0.124. The van der Waals surface area contributed by atoms with E-state index >= 15 is 0 Å². The standard InChI is InChI=1S/C16H23FN4O2S/c1-10(20-24(22)15(2,3)4)13-7-12(17)6-11-8-16(5,9-19-21-18)23-14(11)13/h6-7,10,20H,8-9H2,1-5H3/t10?,16-,24+/m0/s1. The van der Waals surface area contributed by atoms with E-state index in [1.807, 2.05) is 34.6 Å². The number of nitrogens with zero attached hydrogens (tertiary/aromatic N) is 3. The summed E-state index contributed by atoms with van der Waals surface area (Å²) in [5, 5.41) is 3.58. The van der Waals surface area contributed by atoms with Gasteiger partial charge in [0.2, 0.25) is 0 Å². The highest BCUT2D eigenvalue weighted by Gasteiger charge is 2.38. The van der Waals surface area contributed by atoms with Crippen molar-refractivity contribution in [2.45, 2.75) is 57.4 Å². The molecule has 1 aromatic rings. The van der Waals surface area contributed by atoms with Gasteiger partial charge in [-0.25, -0.2) is 4.39 Å². The number of halogens is 1. The minimum absolute atomic E-state index is 0.162. The fourth-order valence-electron chi connectivity index (χ4n) is 2.61. The summed E-state index contributed by atoms with van der Waals surface area (Å²) in [6.07, 6.45) is 0.460. The van der Waals surface area contributed by atoms with Crippen LogP contribution in [0.25, 0.3) is 10.4 Å². The van der Waals surface area contributed by atoms with Gasteiger partial charge in [-0.05, 0) is 52.3 Å².